The average Bonchev–Trinajstić information content (AvgIpc) is 2.65. The standard InChI is InChI=1S/C11H17NO4/c1-7(2)8(6-15-3)12-10-5-4-9(16-10)11(13)14/h4-5,7-8,12H,6H2,1-3H3,(H,13,14). The zero-order valence-corrected chi connectivity index (χ0v) is 9.69. The van der Waals surface area contributed by atoms with E-state index in [1.165, 1.54) is 6.07 Å². The lowest BCUT2D eigenvalue weighted by Gasteiger charge is -2.20. The summed E-state index contributed by atoms with van der Waals surface area (Å²) >= 11 is 0. The molecule has 5 nitrogen and oxygen atoms in total. The molecule has 16 heavy (non-hydrogen) atoms. The van der Waals surface area contributed by atoms with Crippen LogP contribution in [0.3, 0.4) is 0 Å². The van der Waals surface area contributed by atoms with Crippen molar-refractivity contribution in [2.24, 2.45) is 5.92 Å². The molecule has 0 radical (unpaired) electrons. The lowest BCUT2D eigenvalue weighted by atomic mass is 10.1. The lowest BCUT2D eigenvalue weighted by molar-refractivity contribution is 0.0663. The van der Waals surface area contributed by atoms with Crippen molar-refractivity contribution in [2.45, 2.75) is 19.9 Å². The molecule has 0 amide bonds. The van der Waals surface area contributed by atoms with Crippen molar-refractivity contribution < 1.29 is 19.1 Å². The van der Waals surface area contributed by atoms with Crippen molar-refractivity contribution in [2.75, 3.05) is 19.0 Å². The molecule has 0 aliphatic rings. The number of anilines is 1. The maximum absolute atomic E-state index is 10.6. The van der Waals surface area contributed by atoms with Gasteiger partial charge in [0.2, 0.25) is 5.76 Å². The first-order chi connectivity index (χ1) is 7.54. The van der Waals surface area contributed by atoms with Crippen molar-refractivity contribution in [3.8, 4) is 0 Å². The average molecular weight is 227 g/mol. The second-order valence-electron chi connectivity index (χ2n) is 3.92. The highest BCUT2D eigenvalue weighted by Crippen LogP contribution is 2.16. The molecule has 0 spiro atoms. The van der Waals surface area contributed by atoms with Gasteiger partial charge in [0.1, 0.15) is 0 Å². The number of hydrogen-bond donors (Lipinski definition) is 2. The summed E-state index contributed by atoms with van der Waals surface area (Å²) in [7, 11) is 1.63. The number of furan rings is 1. The number of carboxylic acid groups (broad SMARTS) is 1. The van der Waals surface area contributed by atoms with E-state index in [0.717, 1.165) is 0 Å². The number of aromatic carboxylic acids is 1. The number of rotatable bonds is 6. The van der Waals surface area contributed by atoms with Gasteiger partial charge in [-0.05, 0) is 12.0 Å². The fourth-order valence-electron chi connectivity index (χ4n) is 1.29. The monoisotopic (exact) mass is 227 g/mol. The minimum atomic E-state index is -1.07. The molecule has 0 aliphatic heterocycles. The molecule has 5 heteroatoms. The molecule has 1 rings (SSSR count). The predicted molar refractivity (Wildman–Crippen MR) is 59.8 cm³/mol. The summed E-state index contributed by atoms with van der Waals surface area (Å²) in [5, 5.41) is 11.8. The van der Waals surface area contributed by atoms with E-state index >= 15 is 0 Å². The molecule has 0 aliphatic carbocycles. The van der Waals surface area contributed by atoms with E-state index in [1.807, 2.05) is 0 Å². The maximum atomic E-state index is 10.6. The predicted octanol–water partition coefficient (Wildman–Crippen LogP) is 2.06. The van der Waals surface area contributed by atoms with Gasteiger partial charge >= 0.3 is 5.97 Å². The summed E-state index contributed by atoms with van der Waals surface area (Å²) < 4.78 is 10.2. The van der Waals surface area contributed by atoms with E-state index in [-0.39, 0.29) is 11.8 Å². The van der Waals surface area contributed by atoms with Crippen molar-refractivity contribution in [3.63, 3.8) is 0 Å². The van der Waals surface area contributed by atoms with E-state index in [2.05, 4.69) is 19.2 Å². The number of hydrogen-bond acceptors (Lipinski definition) is 4. The second kappa shape index (κ2) is 5.55. The minimum Gasteiger partial charge on any atom is -0.475 e. The molecule has 1 unspecified atom stereocenters. The SMILES string of the molecule is COCC(Nc1ccc(C(=O)O)o1)C(C)C. The van der Waals surface area contributed by atoms with Crippen LogP contribution < -0.4 is 5.32 Å². The summed E-state index contributed by atoms with van der Waals surface area (Å²) in [5.74, 6) is -0.324. The van der Waals surface area contributed by atoms with E-state index in [4.69, 9.17) is 14.3 Å². The highest BCUT2D eigenvalue weighted by atomic mass is 16.5. The van der Waals surface area contributed by atoms with E-state index < -0.39 is 5.97 Å². The smallest absolute Gasteiger partial charge is 0.371 e. The van der Waals surface area contributed by atoms with Gasteiger partial charge in [-0.3, -0.25) is 0 Å². The molecule has 0 aromatic carbocycles. The molecular weight excluding hydrogens is 210 g/mol. The molecule has 1 heterocycles. The maximum Gasteiger partial charge on any atom is 0.371 e. The first-order valence-corrected chi connectivity index (χ1v) is 5.13. The fourth-order valence-corrected chi connectivity index (χ4v) is 1.29. The summed E-state index contributed by atoms with van der Waals surface area (Å²) in [6.07, 6.45) is 0. The Labute approximate surface area is 94.4 Å². The van der Waals surface area contributed by atoms with Gasteiger partial charge in [-0.1, -0.05) is 13.8 Å². The van der Waals surface area contributed by atoms with E-state index in [9.17, 15) is 4.79 Å². The Kier molecular flexibility index (Phi) is 4.37. The summed E-state index contributed by atoms with van der Waals surface area (Å²) in [5.41, 5.74) is 0. The summed E-state index contributed by atoms with van der Waals surface area (Å²) in [6.45, 7) is 4.65. The quantitative estimate of drug-likeness (QED) is 0.778. The van der Waals surface area contributed by atoms with Crippen LogP contribution in [0.4, 0.5) is 5.88 Å². The topological polar surface area (TPSA) is 71.7 Å². The Morgan fingerprint density at radius 2 is 2.25 bits per heavy atom. The summed E-state index contributed by atoms with van der Waals surface area (Å²) in [6, 6.07) is 3.13. The van der Waals surface area contributed by atoms with Crippen LogP contribution >= 0.6 is 0 Å². The number of carbonyl (C=O) groups is 1. The van der Waals surface area contributed by atoms with Crippen LogP contribution in [0.2, 0.25) is 0 Å². The van der Waals surface area contributed by atoms with Crippen molar-refractivity contribution in [1.82, 2.24) is 0 Å². The largest absolute Gasteiger partial charge is 0.475 e. The van der Waals surface area contributed by atoms with Crippen LogP contribution in [0.5, 0.6) is 0 Å². The zero-order valence-electron chi connectivity index (χ0n) is 9.69. The Balaban J connectivity index is 2.66. The van der Waals surface area contributed by atoms with Crippen molar-refractivity contribution in [1.29, 1.82) is 0 Å². The van der Waals surface area contributed by atoms with Gasteiger partial charge < -0.3 is 19.6 Å². The second-order valence-corrected chi connectivity index (χ2v) is 3.92. The molecule has 0 bridgehead atoms. The Morgan fingerprint density at radius 1 is 1.56 bits per heavy atom. The third-order valence-electron chi connectivity index (χ3n) is 2.30. The van der Waals surface area contributed by atoms with Crippen LogP contribution in [-0.2, 0) is 4.74 Å². The van der Waals surface area contributed by atoms with Gasteiger partial charge in [-0.15, -0.1) is 0 Å². The Hall–Kier alpha value is -1.49. The minimum absolute atomic E-state index is 0.0672. The van der Waals surface area contributed by atoms with Gasteiger partial charge in [0.25, 0.3) is 0 Å². The van der Waals surface area contributed by atoms with Crippen molar-refractivity contribution in [3.05, 3.63) is 17.9 Å². The zero-order chi connectivity index (χ0) is 12.1. The third-order valence-corrected chi connectivity index (χ3v) is 2.30. The molecule has 1 atom stereocenters. The number of carboxylic acids is 1. The van der Waals surface area contributed by atoms with Crippen molar-refractivity contribution >= 4 is 11.9 Å². The highest BCUT2D eigenvalue weighted by molar-refractivity contribution is 5.84. The fraction of sp³-hybridized carbons (Fsp3) is 0.545. The Bertz CT molecular complexity index is 346. The number of nitrogens with one attached hydrogen (secondary N) is 1. The van der Waals surface area contributed by atoms with Gasteiger partial charge in [-0.2, -0.15) is 0 Å². The van der Waals surface area contributed by atoms with E-state index in [1.54, 1.807) is 13.2 Å². The summed E-state index contributed by atoms with van der Waals surface area (Å²) in [4.78, 5) is 10.6. The van der Waals surface area contributed by atoms with Gasteiger partial charge in [-0.25, -0.2) is 4.79 Å². The first-order valence-electron chi connectivity index (χ1n) is 5.13. The molecule has 1 aromatic heterocycles. The molecular formula is C11H17NO4. The van der Waals surface area contributed by atoms with Crippen LogP contribution in [0.1, 0.15) is 24.4 Å². The van der Waals surface area contributed by atoms with Crippen LogP contribution in [0, 0.1) is 5.92 Å². The van der Waals surface area contributed by atoms with Gasteiger partial charge in [0, 0.05) is 13.2 Å². The van der Waals surface area contributed by atoms with Crippen LogP contribution in [-0.4, -0.2) is 30.8 Å². The molecule has 90 valence electrons. The number of ether oxygens (including phenoxy) is 1. The van der Waals surface area contributed by atoms with Crippen LogP contribution in [0.15, 0.2) is 16.5 Å². The Morgan fingerprint density at radius 3 is 2.69 bits per heavy atom. The number of methoxy groups -OCH3 is 1. The van der Waals surface area contributed by atoms with Crippen LogP contribution in [0.25, 0.3) is 0 Å². The molecule has 0 fully saturated rings. The highest BCUT2D eigenvalue weighted by Gasteiger charge is 2.16. The van der Waals surface area contributed by atoms with Gasteiger partial charge in [0.15, 0.2) is 5.88 Å². The third kappa shape index (κ3) is 3.27. The lowest BCUT2D eigenvalue weighted by Crippen LogP contribution is -2.30. The molecule has 2 N–H and O–H groups in total. The van der Waals surface area contributed by atoms with E-state index in [0.29, 0.717) is 18.4 Å². The molecule has 1 aromatic rings. The van der Waals surface area contributed by atoms with Gasteiger partial charge in [0.05, 0.1) is 12.6 Å². The molecule has 0 saturated heterocycles. The normalized spacial score (nSPS) is 12.8. The molecule has 0 saturated carbocycles. The first kappa shape index (κ1) is 12.6.